The van der Waals surface area contributed by atoms with E-state index in [1.165, 1.54) is 0 Å². The monoisotopic (exact) mass is 256 g/mol. The maximum atomic E-state index is 10.9. The minimum atomic E-state index is -0.953. The van der Waals surface area contributed by atoms with Crippen molar-refractivity contribution in [2.45, 2.75) is 18.4 Å². The van der Waals surface area contributed by atoms with Gasteiger partial charge in [0.15, 0.2) is 0 Å². The van der Waals surface area contributed by atoms with E-state index in [2.05, 4.69) is 10.6 Å². The molecule has 1 amide bonds. The van der Waals surface area contributed by atoms with Crippen LogP contribution in [0.1, 0.15) is 18.4 Å². The molecule has 0 saturated carbocycles. The van der Waals surface area contributed by atoms with Gasteiger partial charge in [0.05, 0.1) is 5.54 Å². The average Bonchev–Trinajstić information content (AvgIpc) is 2.30. The molecule has 1 saturated heterocycles. The number of carbonyl (C=O) groups is 1. The third-order valence-corrected chi connectivity index (χ3v) is 3.13. The first-order valence-corrected chi connectivity index (χ1v) is 5.50. The molecule has 0 aliphatic carbocycles. The number of piperidine rings is 1. The van der Waals surface area contributed by atoms with Crippen molar-refractivity contribution in [3.8, 4) is 0 Å². The van der Waals surface area contributed by atoms with Crippen LogP contribution < -0.4 is 10.6 Å². The van der Waals surface area contributed by atoms with Crippen LogP contribution in [0.15, 0.2) is 30.3 Å². The third-order valence-electron chi connectivity index (χ3n) is 3.13. The van der Waals surface area contributed by atoms with Gasteiger partial charge in [0, 0.05) is 0 Å². The summed E-state index contributed by atoms with van der Waals surface area (Å²) < 4.78 is 0. The molecule has 3 N–H and O–H groups in total. The Balaban J connectivity index is 0.00000144. The van der Waals surface area contributed by atoms with Crippen LogP contribution >= 0.6 is 12.4 Å². The fourth-order valence-corrected chi connectivity index (χ4v) is 2.30. The number of benzene rings is 1. The lowest BCUT2D eigenvalue weighted by Gasteiger charge is -2.38. The van der Waals surface area contributed by atoms with Crippen molar-refractivity contribution in [3.63, 3.8) is 0 Å². The van der Waals surface area contributed by atoms with Gasteiger partial charge in [0.25, 0.3) is 0 Å². The van der Waals surface area contributed by atoms with Crippen molar-refractivity contribution in [1.82, 2.24) is 10.6 Å². The SMILES string of the molecule is Cl.O=C(O)NC1(c2ccccc2)CCNCC1. The van der Waals surface area contributed by atoms with Gasteiger partial charge in [0.2, 0.25) is 0 Å². The topological polar surface area (TPSA) is 61.4 Å². The molecule has 0 spiro atoms. The molecule has 0 bridgehead atoms. The summed E-state index contributed by atoms with van der Waals surface area (Å²) in [6, 6.07) is 9.81. The molecular weight excluding hydrogens is 240 g/mol. The number of hydrogen-bond acceptors (Lipinski definition) is 2. The lowest BCUT2D eigenvalue weighted by atomic mass is 9.81. The van der Waals surface area contributed by atoms with Crippen molar-refractivity contribution >= 4 is 18.5 Å². The fourth-order valence-electron chi connectivity index (χ4n) is 2.30. The molecule has 4 nitrogen and oxygen atoms in total. The Morgan fingerprint density at radius 1 is 1.24 bits per heavy atom. The smallest absolute Gasteiger partial charge is 0.405 e. The predicted octanol–water partition coefficient (Wildman–Crippen LogP) is 1.95. The number of nitrogens with one attached hydrogen (secondary N) is 2. The Morgan fingerprint density at radius 3 is 2.35 bits per heavy atom. The quantitative estimate of drug-likeness (QED) is 0.758. The summed E-state index contributed by atoms with van der Waals surface area (Å²) in [7, 11) is 0. The van der Waals surface area contributed by atoms with Gasteiger partial charge in [-0.25, -0.2) is 4.79 Å². The van der Waals surface area contributed by atoms with Gasteiger partial charge < -0.3 is 15.7 Å². The van der Waals surface area contributed by atoms with Crippen molar-refractivity contribution < 1.29 is 9.90 Å². The van der Waals surface area contributed by atoms with Crippen LogP contribution in [0.2, 0.25) is 0 Å². The van der Waals surface area contributed by atoms with E-state index >= 15 is 0 Å². The summed E-state index contributed by atoms with van der Waals surface area (Å²) in [6.45, 7) is 1.68. The molecule has 1 aromatic carbocycles. The number of hydrogen-bond donors (Lipinski definition) is 3. The first-order chi connectivity index (χ1) is 7.73. The predicted molar refractivity (Wildman–Crippen MR) is 68.6 cm³/mol. The van der Waals surface area contributed by atoms with E-state index in [0.29, 0.717) is 0 Å². The second kappa shape index (κ2) is 5.89. The Kier molecular flexibility index (Phi) is 4.78. The zero-order chi connectivity index (χ0) is 11.4. The zero-order valence-corrected chi connectivity index (χ0v) is 10.3. The number of rotatable bonds is 2. The summed E-state index contributed by atoms with van der Waals surface area (Å²) in [5.41, 5.74) is 0.636. The van der Waals surface area contributed by atoms with Gasteiger partial charge >= 0.3 is 6.09 Å². The van der Waals surface area contributed by atoms with Gasteiger partial charge in [-0.1, -0.05) is 30.3 Å². The van der Waals surface area contributed by atoms with Crippen LogP contribution in [0.4, 0.5) is 4.79 Å². The van der Waals surface area contributed by atoms with Crippen LogP contribution in [0.5, 0.6) is 0 Å². The van der Waals surface area contributed by atoms with Gasteiger partial charge in [0.1, 0.15) is 0 Å². The highest BCUT2D eigenvalue weighted by molar-refractivity contribution is 5.85. The average molecular weight is 257 g/mol. The van der Waals surface area contributed by atoms with Crippen molar-refractivity contribution in [3.05, 3.63) is 35.9 Å². The Labute approximate surface area is 107 Å². The second-order valence-electron chi connectivity index (χ2n) is 4.13. The van der Waals surface area contributed by atoms with E-state index in [4.69, 9.17) is 5.11 Å². The van der Waals surface area contributed by atoms with Crippen molar-refractivity contribution in [2.24, 2.45) is 0 Å². The fraction of sp³-hybridized carbons (Fsp3) is 0.417. The highest BCUT2D eigenvalue weighted by Crippen LogP contribution is 2.30. The van der Waals surface area contributed by atoms with Crippen LogP contribution in [0.25, 0.3) is 0 Å². The van der Waals surface area contributed by atoms with E-state index in [-0.39, 0.29) is 12.4 Å². The zero-order valence-electron chi connectivity index (χ0n) is 9.48. The van der Waals surface area contributed by atoms with Gasteiger partial charge in [-0.3, -0.25) is 0 Å². The van der Waals surface area contributed by atoms with Crippen LogP contribution in [-0.2, 0) is 5.54 Å². The number of halogens is 1. The lowest BCUT2D eigenvalue weighted by molar-refractivity contribution is 0.165. The van der Waals surface area contributed by atoms with Crippen LogP contribution in [0.3, 0.4) is 0 Å². The summed E-state index contributed by atoms with van der Waals surface area (Å²) >= 11 is 0. The molecular formula is C12H17ClN2O2. The molecule has 2 rings (SSSR count). The van der Waals surface area contributed by atoms with E-state index in [9.17, 15) is 4.79 Å². The molecule has 1 aromatic rings. The molecule has 0 radical (unpaired) electrons. The summed E-state index contributed by atoms with van der Waals surface area (Å²) in [4.78, 5) is 10.9. The molecule has 1 aliphatic heterocycles. The summed E-state index contributed by atoms with van der Waals surface area (Å²) in [5.74, 6) is 0. The lowest BCUT2D eigenvalue weighted by Crippen LogP contribution is -2.51. The highest BCUT2D eigenvalue weighted by Gasteiger charge is 2.35. The second-order valence-corrected chi connectivity index (χ2v) is 4.13. The third kappa shape index (κ3) is 3.11. The van der Waals surface area contributed by atoms with Crippen molar-refractivity contribution in [2.75, 3.05) is 13.1 Å². The van der Waals surface area contributed by atoms with E-state index < -0.39 is 11.6 Å². The highest BCUT2D eigenvalue weighted by atomic mass is 35.5. The van der Waals surface area contributed by atoms with Gasteiger partial charge in [-0.2, -0.15) is 0 Å². The molecule has 5 heteroatoms. The molecule has 0 unspecified atom stereocenters. The molecule has 94 valence electrons. The molecule has 1 fully saturated rings. The van der Waals surface area contributed by atoms with E-state index in [1.807, 2.05) is 30.3 Å². The van der Waals surface area contributed by atoms with Gasteiger partial charge in [-0.05, 0) is 31.5 Å². The van der Waals surface area contributed by atoms with E-state index in [0.717, 1.165) is 31.5 Å². The van der Waals surface area contributed by atoms with Gasteiger partial charge in [-0.15, -0.1) is 12.4 Å². The maximum absolute atomic E-state index is 10.9. The van der Waals surface area contributed by atoms with E-state index in [1.54, 1.807) is 0 Å². The van der Waals surface area contributed by atoms with Crippen molar-refractivity contribution in [1.29, 1.82) is 0 Å². The standard InChI is InChI=1S/C12H16N2O2.ClH/c15-11(16)14-12(6-8-13-9-7-12)10-4-2-1-3-5-10;/h1-5,13-14H,6-9H2,(H,15,16);1H. The molecule has 1 heterocycles. The maximum Gasteiger partial charge on any atom is 0.405 e. The largest absolute Gasteiger partial charge is 0.465 e. The first kappa shape index (κ1) is 13.8. The Morgan fingerprint density at radius 2 is 1.82 bits per heavy atom. The van der Waals surface area contributed by atoms with Crippen LogP contribution in [-0.4, -0.2) is 24.3 Å². The molecule has 1 aliphatic rings. The normalized spacial score (nSPS) is 17.9. The summed E-state index contributed by atoms with van der Waals surface area (Å²) in [5, 5.41) is 14.9. The first-order valence-electron chi connectivity index (χ1n) is 5.50. The molecule has 17 heavy (non-hydrogen) atoms. The van der Waals surface area contributed by atoms with Crippen LogP contribution in [0, 0.1) is 0 Å². The minimum absolute atomic E-state index is 0. The summed E-state index contributed by atoms with van der Waals surface area (Å²) in [6.07, 6.45) is 0.637. The Bertz CT molecular complexity index is 364. The minimum Gasteiger partial charge on any atom is -0.465 e. The number of amides is 1. The number of carboxylic acid groups (broad SMARTS) is 1. The molecule has 0 atom stereocenters. The Hall–Kier alpha value is -1.26. The molecule has 0 aromatic heterocycles.